The summed E-state index contributed by atoms with van der Waals surface area (Å²) in [7, 11) is 1.47. The van der Waals surface area contributed by atoms with Crippen LogP contribution in [0.5, 0.6) is 23.0 Å². The summed E-state index contributed by atoms with van der Waals surface area (Å²) in [5.74, 6) is -2.15. The number of rotatable bonds is 13. The number of aromatic nitrogens is 1. The second kappa shape index (κ2) is 15.1. The van der Waals surface area contributed by atoms with Gasteiger partial charge in [-0.25, -0.2) is 8.78 Å². The first-order valence-electron chi connectivity index (χ1n) is 13.9. The van der Waals surface area contributed by atoms with Crippen LogP contribution in [0.3, 0.4) is 0 Å². The van der Waals surface area contributed by atoms with Gasteiger partial charge >= 0.3 is 57.4 Å². The fourth-order valence-electron chi connectivity index (χ4n) is 4.55. The summed E-state index contributed by atoms with van der Waals surface area (Å²) in [6.45, 7) is 0.291. The summed E-state index contributed by atoms with van der Waals surface area (Å²) in [6, 6.07) is 14.0. The van der Waals surface area contributed by atoms with Crippen molar-refractivity contribution in [1.82, 2.24) is 4.98 Å². The molecule has 2 amide bonds. The number of unbranched alkanes of at least 4 members (excludes halogenated alkanes) is 1. The number of methoxy groups -OCH3 is 1. The van der Waals surface area contributed by atoms with Gasteiger partial charge in [-0.3, -0.25) is 19.4 Å². The number of carboxylic acids is 1. The second-order valence-corrected chi connectivity index (χ2v) is 10.3. The van der Waals surface area contributed by atoms with Crippen LogP contribution in [0.15, 0.2) is 66.9 Å². The number of amides is 2. The van der Waals surface area contributed by atoms with Crippen molar-refractivity contribution < 1.29 is 42.5 Å². The molecule has 0 aliphatic heterocycles. The minimum absolute atomic E-state index is 0. The summed E-state index contributed by atoms with van der Waals surface area (Å²) in [6.07, 6.45) is 3.23. The van der Waals surface area contributed by atoms with Crippen LogP contribution in [0.4, 0.5) is 20.2 Å². The van der Waals surface area contributed by atoms with E-state index in [2.05, 4.69) is 15.6 Å². The van der Waals surface area contributed by atoms with Gasteiger partial charge in [0.05, 0.1) is 19.2 Å². The normalized spacial score (nSPS) is 12.9. The van der Waals surface area contributed by atoms with E-state index in [1.807, 2.05) is 0 Å². The predicted octanol–water partition coefficient (Wildman–Crippen LogP) is 5.66. The Balaban J connectivity index is 0.00000461. The molecule has 0 unspecified atom stereocenters. The summed E-state index contributed by atoms with van der Waals surface area (Å²) in [4.78, 5) is 40.8. The maximum atomic E-state index is 15.2. The van der Waals surface area contributed by atoms with Gasteiger partial charge in [-0.1, -0.05) is 0 Å². The SMILES string of the molecule is COc1cc2c(Oc3ccc(NC(=O)C4(C(=O)Nc5ccc(F)cc5)CC4)cc3F)ccnc2cc1OCCCCC(=O)O.[KH]. The Labute approximate surface area is 299 Å². The number of halogens is 2. The molecule has 0 atom stereocenters. The Morgan fingerprint density at radius 2 is 1.56 bits per heavy atom. The molecule has 1 aliphatic rings. The van der Waals surface area contributed by atoms with E-state index in [0.717, 1.165) is 6.07 Å². The van der Waals surface area contributed by atoms with Gasteiger partial charge in [0.1, 0.15) is 17.0 Å². The molecule has 0 radical (unpaired) electrons. The number of ether oxygens (including phenoxy) is 3. The van der Waals surface area contributed by atoms with E-state index in [9.17, 15) is 18.8 Å². The van der Waals surface area contributed by atoms with E-state index >= 15 is 4.39 Å². The van der Waals surface area contributed by atoms with Gasteiger partial charge in [0.25, 0.3) is 0 Å². The van der Waals surface area contributed by atoms with Crippen LogP contribution in [0.2, 0.25) is 0 Å². The van der Waals surface area contributed by atoms with Crippen molar-refractivity contribution >= 4 is 91.4 Å². The number of anilines is 2. The second-order valence-electron chi connectivity index (χ2n) is 10.3. The summed E-state index contributed by atoms with van der Waals surface area (Å²) in [5, 5.41) is 14.5. The van der Waals surface area contributed by atoms with Crippen LogP contribution in [0.25, 0.3) is 10.9 Å². The first kappa shape index (κ1) is 34.3. The molecule has 4 aromatic rings. The van der Waals surface area contributed by atoms with Gasteiger partial charge in [0.2, 0.25) is 11.8 Å². The number of carbonyl (C=O) groups excluding carboxylic acids is 2. The van der Waals surface area contributed by atoms with Crippen LogP contribution >= 0.6 is 0 Å². The number of hydrogen-bond acceptors (Lipinski definition) is 7. The first-order chi connectivity index (χ1) is 21.2. The molecule has 3 aromatic carbocycles. The zero-order valence-electron chi connectivity index (χ0n) is 23.7. The molecule has 230 valence electrons. The average Bonchev–Trinajstić information content (AvgIpc) is 3.82. The van der Waals surface area contributed by atoms with Crippen LogP contribution in [-0.2, 0) is 14.4 Å². The summed E-state index contributed by atoms with van der Waals surface area (Å²) < 4.78 is 45.4. The Morgan fingerprint density at radius 1 is 0.867 bits per heavy atom. The Morgan fingerprint density at radius 3 is 2.20 bits per heavy atom. The number of pyridine rings is 1. The van der Waals surface area contributed by atoms with Gasteiger partial charge in [-0.05, 0) is 74.2 Å². The Bertz CT molecular complexity index is 1720. The fraction of sp³-hybridized carbons (Fsp3) is 0.250. The summed E-state index contributed by atoms with van der Waals surface area (Å²) in [5.41, 5.74) is -0.286. The molecule has 5 rings (SSSR count). The van der Waals surface area contributed by atoms with Crippen molar-refractivity contribution in [3.63, 3.8) is 0 Å². The molecular weight excluding hydrogens is 615 g/mol. The van der Waals surface area contributed by atoms with Crippen molar-refractivity contribution in [2.45, 2.75) is 32.1 Å². The minimum atomic E-state index is -1.30. The monoisotopic (exact) mass is 645 g/mol. The number of benzene rings is 3. The Kier molecular flexibility index (Phi) is 11.5. The van der Waals surface area contributed by atoms with Crippen molar-refractivity contribution in [3.05, 3.63) is 78.5 Å². The third kappa shape index (κ3) is 8.35. The van der Waals surface area contributed by atoms with Crippen LogP contribution in [-0.4, -0.2) is 93.0 Å². The van der Waals surface area contributed by atoms with Crippen LogP contribution in [0, 0.1) is 17.0 Å². The topological polar surface area (TPSA) is 136 Å². The van der Waals surface area contributed by atoms with Gasteiger partial charge in [0, 0.05) is 41.5 Å². The van der Waals surface area contributed by atoms with Crippen LogP contribution in [0.1, 0.15) is 32.1 Å². The number of fused-ring (bicyclic) bond motifs is 1. The third-order valence-corrected chi connectivity index (χ3v) is 7.16. The standard InChI is InChI=1S/C32H29F2N3O7.K.H/c1-42-27-17-22-24(18-28(27)43-15-3-2-4-29(38)39)35-14-11-25(22)44-26-10-9-21(16-23(26)34)37-31(41)32(12-13-32)30(40)36-20-7-5-19(33)6-8-20;;/h5-11,14,16-18H,2-4,12-13,15H2,1H3,(H,36,40)(H,37,41)(H,38,39);;. The van der Waals surface area contributed by atoms with Gasteiger partial charge in [0.15, 0.2) is 23.1 Å². The molecule has 10 nitrogen and oxygen atoms in total. The van der Waals surface area contributed by atoms with E-state index in [1.165, 1.54) is 49.7 Å². The molecule has 1 fully saturated rings. The molecule has 3 N–H and O–H groups in total. The van der Waals surface area contributed by atoms with Crippen molar-refractivity contribution in [1.29, 1.82) is 0 Å². The molecule has 1 saturated carbocycles. The zero-order chi connectivity index (χ0) is 31.3. The van der Waals surface area contributed by atoms with E-state index in [4.69, 9.17) is 19.3 Å². The van der Waals surface area contributed by atoms with Crippen molar-refractivity contribution in [3.8, 4) is 23.0 Å². The first-order valence-corrected chi connectivity index (χ1v) is 13.9. The Hall–Kier alpha value is -3.62. The molecule has 1 heterocycles. The third-order valence-electron chi connectivity index (χ3n) is 7.16. The van der Waals surface area contributed by atoms with Crippen LogP contribution < -0.4 is 24.8 Å². The molecule has 0 saturated heterocycles. The molecule has 0 bridgehead atoms. The number of nitrogens with zero attached hydrogens (tertiary/aromatic N) is 1. The van der Waals surface area contributed by atoms with E-state index in [1.54, 1.807) is 18.2 Å². The molecule has 13 heteroatoms. The van der Waals surface area contributed by atoms with Crippen molar-refractivity contribution in [2.75, 3.05) is 24.4 Å². The number of carboxylic acid groups (broad SMARTS) is 1. The number of hydrogen-bond donors (Lipinski definition) is 3. The zero-order valence-corrected chi connectivity index (χ0v) is 23.7. The quantitative estimate of drug-likeness (QED) is 0.0964. The van der Waals surface area contributed by atoms with Gasteiger partial charge in [-0.2, -0.15) is 0 Å². The van der Waals surface area contributed by atoms with Crippen molar-refractivity contribution in [2.24, 2.45) is 5.41 Å². The van der Waals surface area contributed by atoms with Gasteiger partial charge < -0.3 is 30.0 Å². The molecule has 45 heavy (non-hydrogen) atoms. The fourth-order valence-corrected chi connectivity index (χ4v) is 4.55. The maximum absolute atomic E-state index is 15.2. The van der Waals surface area contributed by atoms with E-state index in [-0.39, 0.29) is 69.2 Å². The number of carbonyl (C=O) groups is 3. The number of nitrogens with one attached hydrogen (secondary N) is 2. The molecule has 1 aliphatic carbocycles. The van der Waals surface area contributed by atoms with E-state index in [0.29, 0.717) is 66.1 Å². The molecular formula is C32H30F2KN3O7. The summed E-state index contributed by atoms with van der Waals surface area (Å²) >= 11 is 0. The average molecular weight is 646 g/mol. The van der Waals surface area contributed by atoms with E-state index < -0.39 is 34.8 Å². The molecule has 0 spiro atoms. The molecule has 1 aromatic heterocycles. The predicted molar refractivity (Wildman–Crippen MR) is 164 cm³/mol. The number of aliphatic carboxylic acids is 1. The van der Waals surface area contributed by atoms with Gasteiger partial charge in [-0.15, -0.1) is 0 Å².